The van der Waals surface area contributed by atoms with Crippen LogP contribution in [-0.2, 0) is 0 Å². The molecule has 2 aromatic rings. The molecular weight excluding hydrogens is 285 g/mol. The molecule has 1 nitrogen and oxygen atoms in total. The van der Waals surface area contributed by atoms with E-state index in [9.17, 15) is 4.39 Å². The fraction of sp³-hybridized carbons (Fsp3) is 0.222. The molecule has 4 rings (SSSR count). The number of rotatable bonds is 1. The fourth-order valence-corrected chi connectivity index (χ4v) is 3.75. The Kier molecular flexibility index (Phi) is 3.00. The van der Waals surface area contributed by atoms with Crippen molar-refractivity contribution >= 4 is 17.3 Å². The predicted octanol–water partition coefficient (Wildman–Crippen LogP) is 5.31. The highest BCUT2D eigenvalue weighted by molar-refractivity contribution is 6.30. The van der Waals surface area contributed by atoms with Gasteiger partial charge in [-0.1, -0.05) is 35.9 Å². The molecule has 0 radical (unpaired) electrons. The largest absolute Gasteiger partial charge is 0.378 e. The Bertz CT molecular complexity index is 708. The topological polar surface area (TPSA) is 12.0 Å². The van der Waals surface area contributed by atoms with Crippen molar-refractivity contribution in [1.29, 1.82) is 0 Å². The summed E-state index contributed by atoms with van der Waals surface area (Å²) in [5.74, 6) is 0.652. The second-order valence-electron chi connectivity index (χ2n) is 5.76. The second-order valence-corrected chi connectivity index (χ2v) is 6.20. The summed E-state index contributed by atoms with van der Waals surface area (Å²) in [5, 5.41) is 4.38. The summed E-state index contributed by atoms with van der Waals surface area (Å²) in [4.78, 5) is 0. The normalized spacial score (nSPS) is 26.1. The van der Waals surface area contributed by atoms with Crippen LogP contribution in [0.2, 0.25) is 5.02 Å². The van der Waals surface area contributed by atoms with Crippen LogP contribution in [0, 0.1) is 11.7 Å². The van der Waals surface area contributed by atoms with E-state index in [1.54, 1.807) is 0 Å². The average Bonchev–Trinajstić information content (AvgIpc) is 2.97. The van der Waals surface area contributed by atoms with E-state index < -0.39 is 0 Å². The number of allylic oxidation sites excluding steroid dienone is 2. The number of nitrogens with one attached hydrogen (secondary N) is 1. The van der Waals surface area contributed by atoms with Gasteiger partial charge in [0.05, 0.1) is 6.04 Å². The highest BCUT2D eigenvalue weighted by atomic mass is 35.5. The number of halogens is 2. The number of anilines is 1. The Morgan fingerprint density at radius 1 is 1.10 bits per heavy atom. The first kappa shape index (κ1) is 12.9. The summed E-state index contributed by atoms with van der Waals surface area (Å²) >= 11 is 6.14. The lowest BCUT2D eigenvalue weighted by Crippen LogP contribution is -2.29. The van der Waals surface area contributed by atoms with Gasteiger partial charge in [0.1, 0.15) is 5.82 Å². The van der Waals surface area contributed by atoms with Gasteiger partial charge in [0.15, 0.2) is 0 Å². The highest BCUT2D eigenvalue weighted by Crippen LogP contribution is 2.50. The molecule has 0 spiro atoms. The molecule has 21 heavy (non-hydrogen) atoms. The lowest BCUT2D eigenvalue weighted by Gasteiger charge is -2.37. The molecule has 0 amide bonds. The van der Waals surface area contributed by atoms with Crippen molar-refractivity contribution in [2.75, 3.05) is 5.32 Å². The third-order valence-corrected chi connectivity index (χ3v) is 4.79. The van der Waals surface area contributed by atoms with Gasteiger partial charge in [0.2, 0.25) is 0 Å². The molecular formula is C18H15ClFN. The third kappa shape index (κ3) is 2.14. The van der Waals surface area contributed by atoms with Crippen LogP contribution in [0.5, 0.6) is 0 Å². The number of fused-ring (bicyclic) bond motifs is 3. The van der Waals surface area contributed by atoms with E-state index in [1.807, 2.05) is 24.3 Å². The van der Waals surface area contributed by atoms with Crippen molar-refractivity contribution in [3.63, 3.8) is 0 Å². The van der Waals surface area contributed by atoms with Crippen LogP contribution in [0.3, 0.4) is 0 Å². The quantitative estimate of drug-likeness (QED) is 0.704. The van der Waals surface area contributed by atoms with Crippen LogP contribution in [-0.4, -0.2) is 0 Å². The average molecular weight is 300 g/mol. The molecule has 2 aromatic carbocycles. The predicted molar refractivity (Wildman–Crippen MR) is 84.2 cm³/mol. The van der Waals surface area contributed by atoms with E-state index in [0.717, 1.165) is 22.7 Å². The van der Waals surface area contributed by atoms with E-state index in [0.29, 0.717) is 11.8 Å². The number of benzene rings is 2. The zero-order valence-corrected chi connectivity index (χ0v) is 12.1. The summed E-state index contributed by atoms with van der Waals surface area (Å²) in [6.45, 7) is 0. The molecule has 0 bridgehead atoms. The fourth-order valence-electron chi connectivity index (χ4n) is 3.57. The highest BCUT2D eigenvalue weighted by Gasteiger charge is 2.37. The molecule has 3 heteroatoms. The van der Waals surface area contributed by atoms with Gasteiger partial charge in [0, 0.05) is 16.6 Å². The minimum atomic E-state index is -0.192. The van der Waals surface area contributed by atoms with E-state index in [2.05, 4.69) is 23.5 Å². The maximum absolute atomic E-state index is 13.2. The van der Waals surface area contributed by atoms with Crippen molar-refractivity contribution < 1.29 is 4.39 Å². The molecule has 0 saturated heterocycles. The number of hydrogen-bond donors (Lipinski definition) is 1. The van der Waals surface area contributed by atoms with Gasteiger partial charge < -0.3 is 5.32 Å². The number of hydrogen-bond acceptors (Lipinski definition) is 1. The molecule has 106 valence electrons. The Balaban J connectivity index is 1.78. The molecule has 0 fully saturated rings. The van der Waals surface area contributed by atoms with Crippen LogP contribution in [0.15, 0.2) is 54.6 Å². The monoisotopic (exact) mass is 299 g/mol. The van der Waals surface area contributed by atoms with Crippen molar-refractivity contribution in [2.24, 2.45) is 5.92 Å². The standard InChI is InChI=1S/C18H15ClFN/c19-12-6-9-17-16(10-12)14-2-1-3-15(14)18(21-17)11-4-7-13(20)8-5-11/h1-2,4-10,14-15,18,21H,3H2/t14-,15+,18-/m0/s1. The van der Waals surface area contributed by atoms with Crippen molar-refractivity contribution in [1.82, 2.24) is 0 Å². The first-order valence-electron chi connectivity index (χ1n) is 7.20. The van der Waals surface area contributed by atoms with Gasteiger partial charge >= 0.3 is 0 Å². The van der Waals surface area contributed by atoms with E-state index in [4.69, 9.17) is 11.6 Å². The van der Waals surface area contributed by atoms with Gasteiger partial charge in [-0.05, 0) is 53.8 Å². The molecule has 1 aliphatic carbocycles. The lowest BCUT2D eigenvalue weighted by molar-refractivity contribution is 0.425. The van der Waals surface area contributed by atoms with Crippen LogP contribution in [0.4, 0.5) is 10.1 Å². The third-order valence-electron chi connectivity index (χ3n) is 4.55. The van der Waals surface area contributed by atoms with E-state index in [-0.39, 0.29) is 11.9 Å². The minimum absolute atomic E-state index is 0.192. The maximum Gasteiger partial charge on any atom is 0.123 e. The first-order valence-corrected chi connectivity index (χ1v) is 7.58. The first-order chi connectivity index (χ1) is 10.2. The van der Waals surface area contributed by atoms with Crippen LogP contribution < -0.4 is 5.32 Å². The molecule has 0 unspecified atom stereocenters. The maximum atomic E-state index is 13.2. The SMILES string of the molecule is Fc1ccc([C@@H]2Nc3ccc(Cl)cc3[C@H]3C=CC[C@H]32)cc1. The van der Waals surface area contributed by atoms with Crippen LogP contribution in [0.1, 0.15) is 29.5 Å². The molecule has 1 N–H and O–H groups in total. The summed E-state index contributed by atoms with van der Waals surface area (Å²) in [5.41, 5.74) is 3.52. The van der Waals surface area contributed by atoms with Gasteiger partial charge in [-0.3, -0.25) is 0 Å². The van der Waals surface area contributed by atoms with Crippen LogP contribution in [0.25, 0.3) is 0 Å². The zero-order chi connectivity index (χ0) is 14.4. The van der Waals surface area contributed by atoms with Crippen molar-refractivity contribution in [3.8, 4) is 0 Å². The van der Waals surface area contributed by atoms with E-state index >= 15 is 0 Å². The summed E-state index contributed by atoms with van der Waals surface area (Å²) in [6, 6.07) is 13.0. The molecule has 0 aromatic heterocycles. The molecule has 1 aliphatic heterocycles. The van der Waals surface area contributed by atoms with Crippen LogP contribution >= 0.6 is 11.6 Å². The Morgan fingerprint density at radius 3 is 2.71 bits per heavy atom. The molecule has 1 heterocycles. The summed E-state index contributed by atoms with van der Waals surface area (Å²) in [6.07, 6.45) is 5.55. The molecule has 0 saturated carbocycles. The van der Waals surface area contributed by atoms with Gasteiger partial charge in [-0.25, -0.2) is 4.39 Å². The second kappa shape index (κ2) is 4.88. The van der Waals surface area contributed by atoms with Gasteiger partial charge in [0.25, 0.3) is 0 Å². The molecule has 2 aliphatic rings. The van der Waals surface area contributed by atoms with E-state index in [1.165, 1.54) is 17.7 Å². The smallest absolute Gasteiger partial charge is 0.123 e. The Morgan fingerprint density at radius 2 is 1.90 bits per heavy atom. The summed E-state index contributed by atoms with van der Waals surface area (Å²) < 4.78 is 13.2. The van der Waals surface area contributed by atoms with Gasteiger partial charge in [-0.2, -0.15) is 0 Å². The Labute approximate surface area is 128 Å². The van der Waals surface area contributed by atoms with Crippen molar-refractivity contribution in [2.45, 2.75) is 18.4 Å². The van der Waals surface area contributed by atoms with Gasteiger partial charge in [-0.15, -0.1) is 0 Å². The lowest BCUT2D eigenvalue weighted by atomic mass is 9.77. The molecule has 3 atom stereocenters. The van der Waals surface area contributed by atoms with Crippen molar-refractivity contribution in [3.05, 3.63) is 76.6 Å². The zero-order valence-electron chi connectivity index (χ0n) is 11.4. The summed E-state index contributed by atoms with van der Waals surface area (Å²) in [7, 11) is 0. The Hall–Kier alpha value is -1.80. The minimum Gasteiger partial charge on any atom is -0.378 e.